The molecule has 1 atom stereocenters. The molecule has 1 unspecified atom stereocenters. The van der Waals surface area contributed by atoms with E-state index in [1.807, 2.05) is 48.5 Å². The van der Waals surface area contributed by atoms with Gasteiger partial charge >= 0.3 is 18.2 Å². The lowest BCUT2D eigenvalue weighted by atomic mass is 10.1. The van der Waals surface area contributed by atoms with E-state index in [4.69, 9.17) is 9.47 Å². The van der Waals surface area contributed by atoms with Crippen LogP contribution in [0.5, 0.6) is 0 Å². The van der Waals surface area contributed by atoms with Crippen molar-refractivity contribution < 1.29 is 29.0 Å². The molecule has 2 aromatic carbocycles. The molecule has 0 spiro atoms. The zero-order valence-electron chi connectivity index (χ0n) is 17.6. The fourth-order valence-corrected chi connectivity index (χ4v) is 2.64. The van der Waals surface area contributed by atoms with Crippen molar-refractivity contribution >= 4 is 18.2 Å². The number of carboxylic acids is 1. The zero-order chi connectivity index (χ0) is 23.2. The molecule has 0 fully saturated rings. The number of carbonyl (C=O) groups excluding carboxylic acids is 2. The molecule has 2 rings (SSSR count). The minimum absolute atomic E-state index is 0. The van der Waals surface area contributed by atoms with Crippen LogP contribution in [0, 0.1) is 0 Å². The lowest BCUT2D eigenvalue weighted by Crippen LogP contribution is -2.41. The van der Waals surface area contributed by atoms with Crippen LogP contribution in [0.15, 0.2) is 73.1 Å². The van der Waals surface area contributed by atoms with Gasteiger partial charge in [0.2, 0.25) is 0 Å². The molecule has 0 aromatic heterocycles. The Bertz CT molecular complexity index is 890. The van der Waals surface area contributed by atoms with Gasteiger partial charge in [0.05, 0.1) is 0 Å². The van der Waals surface area contributed by atoms with Crippen molar-refractivity contribution in [3.05, 3.63) is 84.2 Å². The van der Waals surface area contributed by atoms with Gasteiger partial charge in [0, 0.05) is 6.54 Å². The molecular formula is C24H31N3O6. The molecule has 0 saturated carbocycles. The van der Waals surface area contributed by atoms with Gasteiger partial charge in [-0.2, -0.15) is 0 Å². The second-order valence-electron chi connectivity index (χ2n) is 6.83. The SMILES string of the molecule is C.C=C(NCCCC(NC(=O)OCc1ccccc1)C(=O)O)NC(=O)OCc1ccccc1. The molecule has 2 aromatic rings. The van der Waals surface area contributed by atoms with Crippen LogP contribution in [-0.2, 0) is 27.5 Å². The number of benzene rings is 2. The normalized spacial score (nSPS) is 10.7. The molecule has 0 radical (unpaired) electrons. The average molecular weight is 458 g/mol. The van der Waals surface area contributed by atoms with Crippen molar-refractivity contribution in [1.82, 2.24) is 16.0 Å². The number of aliphatic carboxylic acids is 1. The topological polar surface area (TPSA) is 126 Å². The minimum Gasteiger partial charge on any atom is -0.480 e. The van der Waals surface area contributed by atoms with E-state index in [2.05, 4.69) is 22.5 Å². The Hall–Kier alpha value is -4.01. The van der Waals surface area contributed by atoms with E-state index in [1.54, 1.807) is 12.1 Å². The molecule has 178 valence electrons. The summed E-state index contributed by atoms with van der Waals surface area (Å²) in [7, 11) is 0. The highest BCUT2D eigenvalue weighted by molar-refractivity contribution is 5.79. The Morgan fingerprint density at radius 3 is 1.91 bits per heavy atom. The Morgan fingerprint density at radius 1 is 0.879 bits per heavy atom. The third-order valence-electron chi connectivity index (χ3n) is 4.28. The van der Waals surface area contributed by atoms with Crippen molar-refractivity contribution in [3.8, 4) is 0 Å². The number of alkyl carbamates (subject to hydrolysis) is 2. The van der Waals surface area contributed by atoms with Gasteiger partial charge in [-0.25, -0.2) is 14.4 Å². The minimum atomic E-state index is -1.16. The van der Waals surface area contributed by atoms with Crippen LogP contribution in [0.1, 0.15) is 31.4 Å². The van der Waals surface area contributed by atoms with Gasteiger partial charge in [0.1, 0.15) is 25.1 Å². The predicted octanol–water partition coefficient (Wildman–Crippen LogP) is 3.77. The van der Waals surface area contributed by atoms with Gasteiger partial charge in [-0.3, -0.25) is 5.32 Å². The smallest absolute Gasteiger partial charge is 0.413 e. The number of nitrogens with one attached hydrogen (secondary N) is 3. The number of hydrogen-bond acceptors (Lipinski definition) is 6. The standard InChI is InChI=1S/C23H27N3O6.CH4/c1-17(25-22(29)31-15-18-9-4-2-5-10-18)24-14-8-13-20(21(27)28)26-23(30)32-16-19-11-6-3-7-12-19;/h2-7,9-12,20,24H,1,8,13-16H2,(H,25,29)(H,26,30)(H,27,28);1H4. The summed E-state index contributed by atoms with van der Waals surface area (Å²) in [6.45, 7) is 4.19. The predicted molar refractivity (Wildman–Crippen MR) is 124 cm³/mol. The first-order valence-electron chi connectivity index (χ1n) is 10.0. The Kier molecular flexibility index (Phi) is 12.2. The number of amides is 2. The number of carboxylic acid groups (broad SMARTS) is 1. The second-order valence-corrected chi connectivity index (χ2v) is 6.83. The average Bonchev–Trinajstić information content (AvgIpc) is 2.79. The van der Waals surface area contributed by atoms with E-state index < -0.39 is 24.2 Å². The molecule has 4 N–H and O–H groups in total. The number of carbonyl (C=O) groups is 3. The van der Waals surface area contributed by atoms with Crippen LogP contribution < -0.4 is 16.0 Å². The lowest BCUT2D eigenvalue weighted by Gasteiger charge is -2.16. The van der Waals surface area contributed by atoms with E-state index in [9.17, 15) is 19.5 Å². The summed E-state index contributed by atoms with van der Waals surface area (Å²) < 4.78 is 10.1. The molecule has 9 heteroatoms. The largest absolute Gasteiger partial charge is 0.480 e. The molecule has 0 aliphatic carbocycles. The molecule has 0 bridgehead atoms. The van der Waals surface area contributed by atoms with Crippen LogP contribution in [0.4, 0.5) is 9.59 Å². The van der Waals surface area contributed by atoms with Crippen molar-refractivity contribution in [2.45, 2.75) is 39.5 Å². The van der Waals surface area contributed by atoms with Crippen LogP contribution in [0.25, 0.3) is 0 Å². The highest BCUT2D eigenvalue weighted by atomic mass is 16.6. The highest BCUT2D eigenvalue weighted by Gasteiger charge is 2.20. The van der Waals surface area contributed by atoms with Gasteiger partial charge < -0.3 is 25.2 Å². The Morgan fingerprint density at radius 2 is 1.39 bits per heavy atom. The summed E-state index contributed by atoms with van der Waals surface area (Å²) >= 11 is 0. The maximum atomic E-state index is 11.9. The van der Waals surface area contributed by atoms with Crippen LogP contribution >= 0.6 is 0 Å². The quantitative estimate of drug-likeness (QED) is 0.357. The van der Waals surface area contributed by atoms with Crippen molar-refractivity contribution in [2.75, 3.05) is 6.54 Å². The maximum absolute atomic E-state index is 11.9. The molecule has 0 aliphatic rings. The first kappa shape index (κ1) is 27.0. The van der Waals surface area contributed by atoms with Crippen molar-refractivity contribution in [2.24, 2.45) is 0 Å². The summed E-state index contributed by atoms with van der Waals surface area (Å²) in [4.78, 5) is 35.0. The summed E-state index contributed by atoms with van der Waals surface area (Å²) in [5, 5.41) is 17.0. The molecule has 0 saturated heterocycles. The monoisotopic (exact) mass is 457 g/mol. The summed E-state index contributed by atoms with van der Waals surface area (Å²) in [6, 6.07) is 17.2. The van der Waals surface area contributed by atoms with Crippen LogP contribution in [0.2, 0.25) is 0 Å². The Balaban J connectivity index is 0.00000544. The van der Waals surface area contributed by atoms with Gasteiger partial charge in [-0.1, -0.05) is 74.7 Å². The number of ether oxygens (including phenoxy) is 2. The first-order chi connectivity index (χ1) is 15.4. The Labute approximate surface area is 193 Å². The number of hydrogen-bond donors (Lipinski definition) is 4. The maximum Gasteiger partial charge on any atom is 0.413 e. The fraction of sp³-hybridized carbons (Fsp3) is 0.292. The highest BCUT2D eigenvalue weighted by Crippen LogP contribution is 2.03. The number of rotatable bonds is 12. The third-order valence-corrected chi connectivity index (χ3v) is 4.28. The van der Waals surface area contributed by atoms with E-state index in [0.717, 1.165) is 11.1 Å². The van der Waals surface area contributed by atoms with Crippen LogP contribution in [0.3, 0.4) is 0 Å². The first-order valence-corrected chi connectivity index (χ1v) is 10.0. The summed E-state index contributed by atoms with van der Waals surface area (Å²) in [5.74, 6) is -0.937. The van der Waals surface area contributed by atoms with Crippen LogP contribution in [-0.4, -0.2) is 35.8 Å². The van der Waals surface area contributed by atoms with Crippen molar-refractivity contribution in [1.29, 1.82) is 0 Å². The third kappa shape index (κ3) is 11.3. The van der Waals surface area contributed by atoms with E-state index in [0.29, 0.717) is 13.0 Å². The molecule has 2 amide bonds. The molecule has 0 aliphatic heterocycles. The zero-order valence-corrected chi connectivity index (χ0v) is 17.6. The van der Waals surface area contributed by atoms with E-state index >= 15 is 0 Å². The van der Waals surface area contributed by atoms with Gasteiger partial charge in [-0.05, 0) is 24.0 Å². The van der Waals surface area contributed by atoms with Crippen molar-refractivity contribution in [3.63, 3.8) is 0 Å². The molecule has 0 heterocycles. The van der Waals surface area contributed by atoms with Gasteiger partial charge in [-0.15, -0.1) is 0 Å². The summed E-state index contributed by atoms with van der Waals surface area (Å²) in [6.07, 6.45) is -0.899. The molecule has 9 nitrogen and oxygen atoms in total. The fourth-order valence-electron chi connectivity index (χ4n) is 2.64. The van der Waals surface area contributed by atoms with E-state index in [1.165, 1.54) is 0 Å². The molecule has 33 heavy (non-hydrogen) atoms. The van der Waals surface area contributed by atoms with Gasteiger partial charge in [0.15, 0.2) is 0 Å². The molecular weight excluding hydrogens is 426 g/mol. The van der Waals surface area contributed by atoms with E-state index in [-0.39, 0.29) is 32.9 Å². The summed E-state index contributed by atoms with van der Waals surface area (Å²) in [5.41, 5.74) is 1.66. The second kappa shape index (κ2) is 14.9. The van der Waals surface area contributed by atoms with Gasteiger partial charge in [0.25, 0.3) is 0 Å². The lowest BCUT2D eigenvalue weighted by molar-refractivity contribution is -0.139.